The zero-order chi connectivity index (χ0) is 27.4. The first-order chi connectivity index (χ1) is 18.1. The maximum absolute atomic E-state index is 13.6. The Morgan fingerprint density at radius 1 is 0.921 bits per heavy atom. The molecule has 0 saturated heterocycles. The summed E-state index contributed by atoms with van der Waals surface area (Å²) in [5.74, 6) is -0.375. The molecule has 4 aromatic rings. The lowest BCUT2D eigenvalue weighted by Crippen LogP contribution is -2.15. The summed E-state index contributed by atoms with van der Waals surface area (Å²) in [5.41, 5.74) is 2.06. The maximum atomic E-state index is 13.6. The number of para-hydroxylation sites is 1. The molecule has 0 aliphatic rings. The van der Waals surface area contributed by atoms with Gasteiger partial charge in [0.2, 0.25) is 0 Å². The number of aromatic nitrogens is 1. The molecule has 0 unspecified atom stereocenters. The van der Waals surface area contributed by atoms with Gasteiger partial charge in [-0.25, -0.2) is 4.79 Å². The minimum absolute atomic E-state index is 0.0379. The first kappa shape index (κ1) is 26.5. The summed E-state index contributed by atoms with van der Waals surface area (Å²) in [4.78, 5) is 24.7. The lowest BCUT2D eigenvalue weighted by molar-refractivity contribution is -0.137. The molecule has 1 N–H and O–H groups in total. The van der Waals surface area contributed by atoms with Crippen molar-refractivity contribution in [3.8, 4) is 11.4 Å². The zero-order valence-electron chi connectivity index (χ0n) is 20.9. The minimum Gasteiger partial charge on any atom is -0.489 e. The number of nitrogens with zero attached hydrogens (tertiary/aromatic N) is 1. The second-order valence-corrected chi connectivity index (χ2v) is 8.59. The first-order valence-corrected chi connectivity index (χ1v) is 11.7. The summed E-state index contributed by atoms with van der Waals surface area (Å²) in [7, 11) is 1.32. The predicted molar refractivity (Wildman–Crippen MR) is 137 cm³/mol. The van der Waals surface area contributed by atoms with Gasteiger partial charge in [0.1, 0.15) is 12.4 Å². The number of carbonyl (C=O) groups is 2. The van der Waals surface area contributed by atoms with Gasteiger partial charge in [0.05, 0.1) is 29.5 Å². The third-order valence-corrected chi connectivity index (χ3v) is 6.00. The third kappa shape index (κ3) is 5.72. The van der Waals surface area contributed by atoms with Crippen LogP contribution in [0.2, 0.25) is 0 Å². The molecule has 1 amide bonds. The molecular formula is C29H25F3N2O4. The molecule has 0 spiro atoms. The number of halogens is 3. The predicted octanol–water partition coefficient (Wildman–Crippen LogP) is 6.73. The number of anilines is 1. The Labute approximate surface area is 217 Å². The number of carbonyl (C=O) groups excluding carboxylic acids is 2. The smallest absolute Gasteiger partial charge is 0.418 e. The van der Waals surface area contributed by atoms with Crippen molar-refractivity contribution in [1.82, 2.24) is 4.57 Å². The molecule has 0 atom stereocenters. The first-order valence-electron chi connectivity index (χ1n) is 11.7. The molecule has 3 aromatic carbocycles. The molecule has 9 heteroatoms. The van der Waals surface area contributed by atoms with Crippen LogP contribution in [0.15, 0.2) is 78.9 Å². The molecule has 38 heavy (non-hydrogen) atoms. The van der Waals surface area contributed by atoms with E-state index in [4.69, 9.17) is 4.74 Å². The molecular weight excluding hydrogens is 497 g/mol. The van der Waals surface area contributed by atoms with E-state index in [1.807, 2.05) is 0 Å². The second kappa shape index (κ2) is 10.8. The number of ether oxygens (including phenoxy) is 2. The van der Waals surface area contributed by atoms with Gasteiger partial charge in [-0.2, -0.15) is 13.2 Å². The van der Waals surface area contributed by atoms with Crippen molar-refractivity contribution in [3.63, 3.8) is 0 Å². The van der Waals surface area contributed by atoms with Crippen molar-refractivity contribution in [3.05, 3.63) is 113 Å². The fourth-order valence-electron chi connectivity index (χ4n) is 4.16. The van der Waals surface area contributed by atoms with Gasteiger partial charge < -0.3 is 19.4 Å². The van der Waals surface area contributed by atoms with Gasteiger partial charge in [0, 0.05) is 23.1 Å². The van der Waals surface area contributed by atoms with E-state index in [2.05, 4.69) is 10.1 Å². The fraction of sp³-hybridized carbons (Fsp3) is 0.172. The van der Waals surface area contributed by atoms with E-state index in [0.29, 0.717) is 28.4 Å². The Bertz CT molecular complexity index is 1470. The molecule has 0 aliphatic carbocycles. The third-order valence-electron chi connectivity index (χ3n) is 6.00. The maximum Gasteiger partial charge on any atom is 0.418 e. The van der Waals surface area contributed by atoms with E-state index in [9.17, 15) is 22.8 Å². The summed E-state index contributed by atoms with van der Waals surface area (Å²) in [5, 5.41) is 2.79. The van der Waals surface area contributed by atoms with Crippen LogP contribution in [0.5, 0.6) is 5.75 Å². The van der Waals surface area contributed by atoms with Crippen LogP contribution in [0, 0.1) is 13.8 Å². The lowest BCUT2D eigenvalue weighted by Gasteiger charge is -2.17. The number of benzene rings is 3. The van der Waals surface area contributed by atoms with Crippen LogP contribution in [0.3, 0.4) is 0 Å². The largest absolute Gasteiger partial charge is 0.489 e. The quantitative estimate of drug-likeness (QED) is 0.273. The topological polar surface area (TPSA) is 69.6 Å². The van der Waals surface area contributed by atoms with Crippen LogP contribution >= 0.6 is 0 Å². The average molecular weight is 523 g/mol. The average Bonchev–Trinajstić information content (AvgIpc) is 3.20. The van der Waals surface area contributed by atoms with E-state index in [1.165, 1.54) is 29.9 Å². The van der Waals surface area contributed by atoms with Crippen LogP contribution in [-0.2, 0) is 17.5 Å². The number of alkyl halides is 3. The standard InChI is InChI=1S/C29H25F3N2O4/c1-18-15-24(19(2)34(18)26-10-5-4-9-25(26)29(30,31)32)27(35)33-22-7-6-8-23(16-22)38-17-20-11-13-21(14-12-20)28(36)37-3/h4-16H,17H2,1-3H3,(H,33,35). The highest BCUT2D eigenvalue weighted by Gasteiger charge is 2.34. The highest BCUT2D eigenvalue weighted by molar-refractivity contribution is 6.05. The van der Waals surface area contributed by atoms with E-state index in [1.54, 1.807) is 68.4 Å². The van der Waals surface area contributed by atoms with Gasteiger partial charge in [-0.15, -0.1) is 0 Å². The van der Waals surface area contributed by atoms with Gasteiger partial charge in [0.15, 0.2) is 0 Å². The van der Waals surface area contributed by atoms with E-state index in [-0.39, 0.29) is 17.9 Å². The number of amides is 1. The van der Waals surface area contributed by atoms with Gasteiger partial charge in [-0.1, -0.05) is 30.3 Å². The van der Waals surface area contributed by atoms with Crippen molar-refractivity contribution in [2.24, 2.45) is 0 Å². The summed E-state index contributed by atoms with van der Waals surface area (Å²) in [6.07, 6.45) is -4.54. The summed E-state index contributed by atoms with van der Waals surface area (Å²) in [6.45, 7) is 3.50. The Kier molecular flexibility index (Phi) is 7.57. The van der Waals surface area contributed by atoms with E-state index >= 15 is 0 Å². The number of rotatable bonds is 7. The number of esters is 1. The van der Waals surface area contributed by atoms with Crippen molar-refractivity contribution in [2.45, 2.75) is 26.6 Å². The van der Waals surface area contributed by atoms with Crippen LogP contribution in [0.4, 0.5) is 18.9 Å². The van der Waals surface area contributed by atoms with Crippen LogP contribution in [-0.4, -0.2) is 23.6 Å². The van der Waals surface area contributed by atoms with Gasteiger partial charge in [0.25, 0.3) is 5.91 Å². The number of hydrogen-bond donors (Lipinski definition) is 1. The molecule has 4 rings (SSSR count). The SMILES string of the molecule is COC(=O)c1ccc(COc2cccc(NC(=O)c3cc(C)n(-c4ccccc4C(F)(F)F)c3C)c2)cc1. The molecule has 0 radical (unpaired) electrons. The molecule has 6 nitrogen and oxygen atoms in total. The van der Waals surface area contributed by atoms with Crippen molar-refractivity contribution < 1.29 is 32.2 Å². The molecule has 196 valence electrons. The molecule has 0 saturated carbocycles. The summed E-state index contributed by atoms with van der Waals surface area (Å²) >= 11 is 0. The highest BCUT2D eigenvalue weighted by Crippen LogP contribution is 2.35. The Balaban J connectivity index is 1.49. The normalized spacial score (nSPS) is 11.2. The van der Waals surface area contributed by atoms with E-state index < -0.39 is 23.6 Å². The van der Waals surface area contributed by atoms with Gasteiger partial charge >= 0.3 is 12.1 Å². The van der Waals surface area contributed by atoms with Gasteiger partial charge in [-0.3, -0.25) is 4.79 Å². The Morgan fingerprint density at radius 2 is 1.63 bits per heavy atom. The summed E-state index contributed by atoms with van der Waals surface area (Å²) < 4.78 is 52.7. The molecule has 0 fully saturated rings. The van der Waals surface area contributed by atoms with Gasteiger partial charge in [-0.05, 0) is 61.9 Å². The van der Waals surface area contributed by atoms with Crippen LogP contribution in [0.1, 0.15) is 43.2 Å². The molecule has 0 aliphatic heterocycles. The summed E-state index contributed by atoms with van der Waals surface area (Å²) in [6, 6.07) is 20.4. The minimum atomic E-state index is -4.54. The number of methoxy groups -OCH3 is 1. The second-order valence-electron chi connectivity index (χ2n) is 8.59. The lowest BCUT2D eigenvalue weighted by atomic mass is 10.1. The Hall–Kier alpha value is -4.53. The molecule has 0 bridgehead atoms. The Morgan fingerprint density at radius 3 is 2.32 bits per heavy atom. The number of aryl methyl sites for hydroxylation is 1. The van der Waals surface area contributed by atoms with Crippen molar-refractivity contribution in [2.75, 3.05) is 12.4 Å². The van der Waals surface area contributed by atoms with Crippen molar-refractivity contribution >= 4 is 17.6 Å². The zero-order valence-corrected chi connectivity index (χ0v) is 20.9. The number of hydrogen-bond acceptors (Lipinski definition) is 4. The fourth-order valence-corrected chi connectivity index (χ4v) is 4.16. The molecule has 1 aromatic heterocycles. The van der Waals surface area contributed by atoms with Crippen LogP contribution in [0.25, 0.3) is 5.69 Å². The van der Waals surface area contributed by atoms with Crippen molar-refractivity contribution in [1.29, 1.82) is 0 Å². The molecule has 1 heterocycles. The highest BCUT2D eigenvalue weighted by atomic mass is 19.4. The van der Waals surface area contributed by atoms with E-state index in [0.717, 1.165) is 11.6 Å². The monoisotopic (exact) mass is 522 g/mol. The van der Waals surface area contributed by atoms with Crippen LogP contribution < -0.4 is 10.1 Å². The number of nitrogens with one attached hydrogen (secondary N) is 1.